The van der Waals surface area contributed by atoms with Crippen molar-refractivity contribution < 1.29 is 23.8 Å². The van der Waals surface area contributed by atoms with Crippen LogP contribution in [0.3, 0.4) is 0 Å². The summed E-state index contributed by atoms with van der Waals surface area (Å²) in [5, 5.41) is 0. The zero-order valence-corrected chi connectivity index (χ0v) is 41.4. The molecule has 62 heavy (non-hydrogen) atoms. The molecule has 0 aliphatic rings. The number of carbonyl (C=O) groups excluding carboxylic acids is 2. The Kier molecular flexibility index (Phi) is 50.9. The van der Waals surface area contributed by atoms with Crippen molar-refractivity contribution in [1.29, 1.82) is 0 Å². The second kappa shape index (κ2) is 52.9. The minimum absolute atomic E-state index is 0.0730. The number of hydrogen-bond donors (Lipinski definition) is 0. The third-order valence-corrected chi connectivity index (χ3v) is 11.5. The fourth-order valence-electron chi connectivity index (χ4n) is 7.46. The molecule has 0 saturated heterocycles. The van der Waals surface area contributed by atoms with Crippen LogP contribution in [0.25, 0.3) is 0 Å². The standard InChI is InChI=1S/C57H102O5/c1-4-7-10-13-16-19-22-25-27-29-30-33-35-38-41-44-47-50-56(58)61-54-55(62-57(59)51-48-45-42-39-36-32-24-21-18-15-12-9-6-3)53-60-52-49-46-43-40-37-34-31-28-26-23-20-17-14-11-8-5-2/h12,15-16,19,21,24-28,55H,4-11,13-14,17-18,20,22-23,29-54H2,1-3H3/b15-12-,19-16-,24-21-,27-25-,28-26-. The SMILES string of the molecule is CCC/C=C\C/C=C\CCCCCCCC(=O)OC(COCCCCCCCC/C=C\CCCCCCCC)COC(=O)CCCCCCCCC/C=C\C/C=C\CCCCC. The largest absolute Gasteiger partial charge is 0.462 e. The number of rotatable bonds is 49. The van der Waals surface area contributed by atoms with Gasteiger partial charge in [-0.1, -0.05) is 210 Å². The molecule has 0 fully saturated rings. The van der Waals surface area contributed by atoms with E-state index in [4.69, 9.17) is 14.2 Å². The molecule has 0 aromatic rings. The van der Waals surface area contributed by atoms with Gasteiger partial charge in [0.1, 0.15) is 6.61 Å². The van der Waals surface area contributed by atoms with E-state index in [1.54, 1.807) is 0 Å². The first-order chi connectivity index (χ1) is 30.6. The molecule has 0 heterocycles. The summed E-state index contributed by atoms with van der Waals surface area (Å²) in [5.41, 5.74) is 0. The van der Waals surface area contributed by atoms with E-state index in [0.717, 1.165) is 70.6 Å². The summed E-state index contributed by atoms with van der Waals surface area (Å²) in [4.78, 5) is 25.4. The molecule has 0 aliphatic carbocycles. The second-order valence-corrected chi connectivity index (χ2v) is 17.8. The number of hydrogen-bond acceptors (Lipinski definition) is 5. The summed E-state index contributed by atoms with van der Waals surface area (Å²) in [6.45, 7) is 7.72. The average molecular weight is 867 g/mol. The summed E-state index contributed by atoms with van der Waals surface area (Å²) in [6, 6.07) is 0. The second-order valence-electron chi connectivity index (χ2n) is 17.8. The van der Waals surface area contributed by atoms with Gasteiger partial charge < -0.3 is 14.2 Å². The molecule has 1 unspecified atom stereocenters. The lowest BCUT2D eigenvalue weighted by molar-refractivity contribution is -0.163. The third kappa shape index (κ3) is 50.2. The van der Waals surface area contributed by atoms with Gasteiger partial charge in [-0.3, -0.25) is 9.59 Å². The van der Waals surface area contributed by atoms with Crippen molar-refractivity contribution in [3.63, 3.8) is 0 Å². The van der Waals surface area contributed by atoms with Crippen LogP contribution in [0, 0.1) is 0 Å². The molecule has 0 aromatic carbocycles. The van der Waals surface area contributed by atoms with E-state index >= 15 is 0 Å². The summed E-state index contributed by atoms with van der Waals surface area (Å²) >= 11 is 0. The third-order valence-electron chi connectivity index (χ3n) is 11.5. The lowest BCUT2D eigenvalue weighted by Crippen LogP contribution is -2.30. The Morgan fingerprint density at radius 3 is 1.18 bits per heavy atom. The Labute approximate surface area is 385 Å². The first kappa shape index (κ1) is 59.6. The van der Waals surface area contributed by atoms with E-state index in [1.165, 1.54) is 161 Å². The van der Waals surface area contributed by atoms with E-state index in [2.05, 4.69) is 81.5 Å². The summed E-state index contributed by atoms with van der Waals surface area (Å²) in [5.74, 6) is -0.419. The van der Waals surface area contributed by atoms with Gasteiger partial charge in [0.25, 0.3) is 0 Å². The summed E-state index contributed by atoms with van der Waals surface area (Å²) in [7, 11) is 0. The molecule has 5 nitrogen and oxygen atoms in total. The van der Waals surface area contributed by atoms with Crippen molar-refractivity contribution in [3.05, 3.63) is 60.8 Å². The molecule has 0 aliphatic heterocycles. The van der Waals surface area contributed by atoms with Crippen molar-refractivity contribution in [2.45, 2.75) is 271 Å². The van der Waals surface area contributed by atoms with Gasteiger partial charge in [0.15, 0.2) is 6.10 Å². The van der Waals surface area contributed by atoms with Crippen molar-refractivity contribution in [1.82, 2.24) is 0 Å². The maximum atomic E-state index is 12.8. The van der Waals surface area contributed by atoms with Crippen molar-refractivity contribution in [2.24, 2.45) is 0 Å². The van der Waals surface area contributed by atoms with Crippen LogP contribution in [0.5, 0.6) is 0 Å². The highest BCUT2D eigenvalue weighted by Gasteiger charge is 2.17. The maximum Gasteiger partial charge on any atom is 0.306 e. The highest BCUT2D eigenvalue weighted by Crippen LogP contribution is 2.14. The van der Waals surface area contributed by atoms with E-state index in [1.807, 2.05) is 0 Å². The first-order valence-corrected chi connectivity index (χ1v) is 26.8. The maximum absolute atomic E-state index is 12.8. The Morgan fingerprint density at radius 2 is 0.710 bits per heavy atom. The summed E-state index contributed by atoms with van der Waals surface area (Å²) < 4.78 is 17.4. The monoisotopic (exact) mass is 867 g/mol. The minimum Gasteiger partial charge on any atom is -0.462 e. The molecule has 5 heteroatoms. The van der Waals surface area contributed by atoms with E-state index < -0.39 is 6.10 Å². The fourth-order valence-corrected chi connectivity index (χ4v) is 7.46. The molecule has 0 saturated carbocycles. The Morgan fingerprint density at radius 1 is 0.355 bits per heavy atom. The molecular weight excluding hydrogens is 765 g/mol. The van der Waals surface area contributed by atoms with Crippen LogP contribution in [-0.2, 0) is 23.8 Å². The van der Waals surface area contributed by atoms with E-state index in [-0.39, 0.29) is 25.2 Å². The van der Waals surface area contributed by atoms with Gasteiger partial charge in [-0.25, -0.2) is 0 Å². The van der Waals surface area contributed by atoms with Crippen molar-refractivity contribution >= 4 is 11.9 Å². The quantitative estimate of drug-likeness (QED) is 0.0346. The van der Waals surface area contributed by atoms with Gasteiger partial charge >= 0.3 is 11.9 Å². The molecule has 0 spiro atoms. The molecule has 0 N–H and O–H groups in total. The molecule has 1 atom stereocenters. The van der Waals surface area contributed by atoms with Crippen LogP contribution < -0.4 is 0 Å². The highest BCUT2D eigenvalue weighted by molar-refractivity contribution is 5.70. The highest BCUT2D eigenvalue weighted by atomic mass is 16.6. The van der Waals surface area contributed by atoms with Crippen LogP contribution >= 0.6 is 0 Å². The lowest BCUT2D eigenvalue weighted by Gasteiger charge is -2.18. The van der Waals surface area contributed by atoms with Crippen LogP contribution in [-0.4, -0.2) is 37.9 Å². The molecule has 0 aromatic heterocycles. The Balaban J connectivity index is 4.28. The molecular formula is C57H102O5. The van der Waals surface area contributed by atoms with Gasteiger partial charge in [-0.15, -0.1) is 0 Å². The van der Waals surface area contributed by atoms with Gasteiger partial charge in [0, 0.05) is 19.4 Å². The first-order valence-electron chi connectivity index (χ1n) is 26.8. The van der Waals surface area contributed by atoms with E-state index in [0.29, 0.717) is 19.4 Å². The average Bonchev–Trinajstić information content (AvgIpc) is 3.27. The Hall–Kier alpha value is -2.40. The number of ether oxygens (including phenoxy) is 3. The zero-order chi connectivity index (χ0) is 44.9. The normalized spacial score (nSPS) is 12.6. The fraction of sp³-hybridized carbons (Fsp3) is 0.789. The van der Waals surface area contributed by atoms with Crippen molar-refractivity contribution in [3.8, 4) is 0 Å². The number of carbonyl (C=O) groups is 2. The predicted molar refractivity (Wildman–Crippen MR) is 270 cm³/mol. The van der Waals surface area contributed by atoms with E-state index in [9.17, 15) is 9.59 Å². The molecule has 0 radical (unpaired) electrons. The van der Waals surface area contributed by atoms with Gasteiger partial charge in [0.05, 0.1) is 6.61 Å². The van der Waals surface area contributed by atoms with Gasteiger partial charge in [0.2, 0.25) is 0 Å². The smallest absolute Gasteiger partial charge is 0.306 e. The van der Waals surface area contributed by atoms with Crippen LogP contribution in [0.1, 0.15) is 265 Å². The topological polar surface area (TPSA) is 61.8 Å². The van der Waals surface area contributed by atoms with Crippen molar-refractivity contribution in [2.75, 3.05) is 19.8 Å². The predicted octanol–water partition coefficient (Wildman–Crippen LogP) is 18.1. The molecule has 0 amide bonds. The van der Waals surface area contributed by atoms with Crippen LogP contribution in [0.2, 0.25) is 0 Å². The number of esters is 2. The molecule has 0 rings (SSSR count). The van der Waals surface area contributed by atoms with Crippen LogP contribution in [0.4, 0.5) is 0 Å². The van der Waals surface area contributed by atoms with Crippen LogP contribution in [0.15, 0.2) is 60.8 Å². The zero-order valence-electron chi connectivity index (χ0n) is 41.4. The molecule has 0 bridgehead atoms. The Bertz CT molecular complexity index is 1070. The molecule has 360 valence electrons. The number of unbranched alkanes of at least 4 members (excludes halogenated alkanes) is 28. The van der Waals surface area contributed by atoms with Gasteiger partial charge in [-0.05, 0) is 103 Å². The summed E-state index contributed by atoms with van der Waals surface area (Å²) in [6.07, 6.45) is 66.5. The minimum atomic E-state index is -0.550. The number of allylic oxidation sites excluding steroid dienone is 10. The van der Waals surface area contributed by atoms with Gasteiger partial charge in [-0.2, -0.15) is 0 Å². The lowest BCUT2D eigenvalue weighted by atomic mass is 10.1.